The minimum Gasteiger partial charge on any atom is -0.496 e. The maximum absolute atomic E-state index is 10.5. The average molecular weight is 130 g/mol. The van der Waals surface area contributed by atoms with Crippen molar-refractivity contribution in [3.8, 4) is 0 Å². The van der Waals surface area contributed by atoms with E-state index in [1.54, 1.807) is 24.0 Å². The molecule has 0 spiro atoms. The molecular formula is C5H6O2S. The number of allylic oxidation sites excluding steroid dienone is 1. The van der Waals surface area contributed by atoms with Crippen LogP contribution in [0, 0.1) is 0 Å². The molecule has 0 aromatic rings. The summed E-state index contributed by atoms with van der Waals surface area (Å²) in [5, 5.41) is 3.14. The predicted octanol–water partition coefficient (Wildman–Crippen LogP) is 0.750. The van der Waals surface area contributed by atoms with E-state index in [2.05, 4.69) is 0 Å². The molecule has 1 heterocycles. The molecule has 1 aliphatic rings. The van der Waals surface area contributed by atoms with Crippen LogP contribution in [0.25, 0.3) is 0 Å². The van der Waals surface area contributed by atoms with Gasteiger partial charge in [-0.25, -0.2) is 0 Å². The van der Waals surface area contributed by atoms with Crippen molar-refractivity contribution in [3.63, 3.8) is 0 Å². The molecule has 0 fully saturated rings. The van der Waals surface area contributed by atoms with Gasteiger partial charge in [0.15, 0.2) is 0 Å². The Kier molecular flexibility index (Phi) is 1.48. The maximum Gasteiger partial charge on any atom is 0.128 e. The van der Waals surface area contributed by atoms with Crippen LogP contribution in [0.1, 0.15) is 0 Å². The zero-order valence-electron chi connectivity index (χ0n) is 4.46. The lowest BCUT2D eigenvalue weighted by molar-refractivity contribution is 0.308. The first kappa shape index (κ1) is 5.56. The third kappa shape index (κ3) is 0.980. The first-order chi connectivity index (χ1) is 3.83. The summed E-state index contributed by atoms with van der Waals surface area (Å²) in [6.45, 7) is 0. The molecular weight excluding hydrogens is 124 g/mol. The van der Waals surface area contributed by atoms with Gasteiger partial charge in [0.2, 0.25) is 0 Å². The van der Waals surface area contributed by atoms with Gasteiger partial charge in [-0.3, -0.25) is 4.21 Å². The molecule has 8 heavy (non-hydrogen) atoms. The minimum atomic E-state index is -0.920. The van der Waals surface area contributed by atoms with Crippen molar-refractivity contribution in [1.29, 1.82) is 0 Å². The monoisotopic (exact) mass is 130 g/mol. The molecule has 0 saturated heterocycles. The second-order valence-corrected chi connectivity index (χ2v) is 2.52. The first-order valence-electron chi connectivity index (χ1n) is 2.16. The van der Waals surface area contributed by atoms with Crippen molar-refractivity contribution in [1.82, 2.24) is 0 Å². The molecule has 3 heteroatoms. The van der Waals surface area contributed by atoms with Crippen LogP contribution in [-0.4, -0.2) is 11.3 Å². The Morgan fingerprint density at radius 2 is 2.50 bits per heavy atom. The molecule has 0 amide bonds. The van der Waals surface area contributed by atoms with Crippen LogP contribution >= 0.6 is 0 Å². The Morgan fingerprint density at radius 1 is 1.75 bits per heavy atom. The summed E-state index contributed by atoms with van der Waals surface area (Å²) in [7, 11) is 0.634. The van der Waals surface area contributed by atoms with E-state index in [1.807, 2.05) is 0 Å². The summed E-state index contributed by atoms with van der Waals surface area (Å²) in [5.74, 6) is 0.684. The Balaban J connectivity index is 2.72. The molecule has 0 radical (unpaired) electrons. The first-order valence-corrected chi connectivity index (χ1v) is 3.44. The molecule has 0 aliphatic carbocycles. The zero-order chi connectivity index (χ0) is 5.98. The summed E-state index contributed by atoms with van der Waals surface area (Å²) < 4.78 is 15.2. The Labute approximate surface area is 50.3 Å². The second kappa shape index (κ2) is 2.13. The highest BCUT2D eigenvalue weighted by Crippen LogP contribution is 2.08. The number of ether oxygens (including phenoxy) is 1. The second-order valence-electron chi connectivity index (χ2n) is 1.36. The molecule has 0 saturated carbocycles. The van der Waals surface area contributed by atoms with Gasteiger partial charge in [0, 0.05) is 10.8 Å². The van der Waals surface area contributed by atoms with E-state index in [0.717, 1.165) is 0 Å². The van der Waals surface area contributed by atoms with Crippen molar-refractivity contribution < 1.29 is 8.95 Å². The third-order valence-corrected chi connectivity index (χ3v) is 1.70. The van der Waals surface area contributed by atoms with E-state index in [-0.39, 0.29) is 0 Å². The molecule has 44 valence electrons. The van der Waals surface area contributed by atoms with Crippen molar-refractivity contribution in [2.24, 2.45) is 0 Å². The van der Waals surface area contributed by atoms with Crippen LogP contribution in [0.15, 0.2) is 22.7 Å². The van der Waals surface area contributed by atoms with Gasteiger partial charge in [0.1, 0.15) is 5.76 Å². The van der Waals surface area contributed by atoms with E-state index >= 15 is 0 Å². The highest BCUT2D eigenvalue weighted by atomic mass is 32.2. The van der Waals surface area contributed by atoms with Crippen molar-refractivity contribution in [3.05, 3.63) is 22.7 Å². The number of hydrogen-bond acceptors (Lipinski definition) is 2. The van der Waals surface area contributed by atoms with E-state index in [1.165, 1.54) is 0 Å². The van der Waals surface area contributed by atoms with Gasteiger partial charge in [-0.1, -0.05) is 0 Å². The van der Waals surface area contributed by atoms with Crippen LogP contribution in [-0.2, 0) is 15.5 Å². The van der Waals surface area contributed by atoms with Gasteiger partial charge in [-0.15, -0.1) is 0 Å². The van der Waals surface area contributed by atoms with Crippen molar-refractivity contribution in [2.45, 2.75) is 0 Å². The predicted molar refractivity (Wildman–Crippen MR) is 32.4 cm³/mol. The van der Waals surface area contributed by atoms with Crippen LogP contribution in [0.5, 0.6) is 0 Å². The van der Waals surface area contributed by atoms with Crippen LogP contribution in [0.2, 0.25) is 0 Å². The van der Waals surface area contributed by atoms with E-state index in [0.29, 0.717) is 5.76 Å². The molecule has 0 bridgehead atoms. The van der Waals surface area contributed by atoms with Gasteiger partial charge < -0.3 is 4.74 Å². The maximum atomic E-state index is 10.5. The number of methoxy groups -OCH3 is 1. The fraction of sp³-hybridized carbons (Fsp3) is 0.200. The van der Waals surface area contributed by atoms with E-state index in [9.17, 15) is 4.21 Å². The third-order valence-electron chi connectivity index (χ3n) is 0.834. The molecule has 1 unspecified atom stereocenters. The Hall–Kier alpha value is -0.570. The summed E-state index contributed by atoms with van der Waals surface area (Å²) in [6, 6.07) is 0. The molecule has 0 N–H and O–H groups in total. The lowest BCUT2D eigenvalue weighted by Crippen LogP contribution is -1.75. The zero-order valence-corrected chi connectivity index (χ0v) is 5.27. The molecule has 0 aromatic carbocycles. The van der Waals surface area contributed by atoms with E-state index < -0.39 is 10.8 Å². The summed E-state index contributed by atoms with van der Waals surface area (Å²) in [4.78, 5) is 0. The standard InChI is InChI=1S/C5H6O2S/c1-7-5-2-3-8(6)4-5/h2-4H,1H3. The number of rotatable bonds is 1. The van der Waals surface area contributed by atoms with Crippen molar-refractivity contribution >= 4 is 10.8 Å². The molecule has 1 aliphatic heterocycles. The fourth-order valence-corrected chi connectivity index (χ4v) is 1.19. The van der Waals surface area contributed by atoms with Gasteiger partial charge in [0.05, 0.1) is 17.9 Å². The fourth-order valence-electron chi connectivity index (χ4n) is 0.443. The van der Waals surface area contributed by atoms with Crippen LogP contribution < -0.4 is 0 Å². The van der Waals surface area contributed by atoms with Crippen LogP contribution in [0.4, 0.5) is 0 Å². The Morgan fingerprint density at radius 3 is 2.75 bits per heavy atom. The summed E-state index contributed by atoms with van der Waals surface area (Å²) >= 11 is 0. The SMILES string of the molecule is COC1=CS(=O)C=C1. The smallest absolute Gasteiger partial charge is 0.128 e. The minimum absolute atomic E-state index is 0.684. The van der Waals surface area contributed by atoms with Gasteiger partial charge in [-0.2, -0.15) is 0 Å². The molecule has 2 nitrogen and oxygen atoms in total. The molecule has 0 aromatic heterocycles. The normalized spacial score (nSPS) is 25.6. The average Bonchev–Trinajstić information content (AvgIpc) is 2.14. The topological polar surface area (TPSA) is 26.3 Å². The summed E-state index contributed by atoms with van der Waals surface area (Å²) in [6.07, 6.45) is 1.69. The van der Waals surface area contributed by atoms with Crippen LogP contribution in [0.3, 0.4) is 0 Å². The highest BCUT2D eigenvalue weighted by Gasteiger charge is 2.00. The van der Waals surface area contributed by atoms with Gasteiger partial charge in [-0.05, 0) is 6.08 Å². The van der Waals surface area contributed by atoms with Crippen molar-refractivity contribution in [2.75, 3.05) is 7.11 Å². The lowest BCUT2D eigenvalue weighted by Gasteiger charge is -1.90. The van der Waals surface area contributed by atoms with Gasteiger partial charge >= 0.3 is 0 Å². The lowest BCUT2D eigenvalue weighted by atomic mass is 10.6. The number of hydrogen-bond donors (Lipinski definition) is 0. The van der Waals surface area contributed by atoms with Gasteiger partial charge in [0.25, 0.3) is 0 Å². The highest BCUT2D eigenvalue weighted by molar-refractivity contribution is 7.91. The molecule has 1 atom stereocenters. The quantitative estimate of drug-likeness (QED) is 0.523. The largest absolute Gasteiger partial charge is 0.496 e. The van der Waals surface area contributed by atoms with E-state index in [4.69, 9.17) is 4.74 Å². The Bertz CT molecular complexity index is 169. The summed E-state index contributed by atoms with van der Waals surface area (Å²) in [5.41, 5.74) is 0. The molecule has 1 rings (SSSR count).